The van der Waals surface area contributed by atoms with Crippen molar-refractivity contribution in [2.75, 3.05) is 37.4 Å². The fourth-order valence-corrected chi connectivity index (χ4v) is 4.82. The summed E-state index contributed by atoms with van der Waals surface area (Å²) in [6.07, 6.45) is -4.94. The van der Waals surface area contributed by atoms with Gasteiger partial charge in [-0.2, -0.15) is 13.2 Å². The number of carbonyl (C=O) groups excluding carboxylic acids is 3. The molecule has 1 heterocycles. The van der Waals surface area contributed by atoms with Crippen LogP contribution in [0.5, 0.6) is 5.75 Å². The molecular formula is C32H35F3N4O5. The third-order valence-electron chi connectivity index (χ3n) is 7.42. The van der Waals surface area contributed by atoms with Gasteiger partial charge in [0.05, 0.1) is 36.7 Å². The molecule has 0 saturated heterocycles. The van der Waals surface area contributed by atoms with Crippen molar-refractivity contribution in [2.45, 2.75) is 38.6 Å². The Labute approximate surface area is 253 Å². The zero-order valence-corrected chi connectivity index (χ0v) is 24.6. The molecule has 44 heavy (non-hydrogen) atoms. The molecule has 234 valence electrons. The van der Waals surface area contributed by atoms with E-state index in [1.165, 1.54) is 35.0 Å². The molecule has 0 radical (unpaired) electrons. The number of aliphatic hydroxyl groups excluding tert-OH is 1. The number of nitrogens with zero attached hydrogens (tertiary/aromatic N) is 2. The zero-order valence-electron chi connectivity index (χ0n) is 24.6. The third-order valence-corrected chi connectivity index (χ3v) is 7.42. The van der Waals surface area contributed by atoms with E-state index in [4.69, 9.17) is 4.74 Å². The molecule has 0 saturated carbocycles. The molecule has 0 bridgehead atoms. The van der Waals surface area contributed by atoms with Crippen LogP contribution in [0.3, 0.4) is 0 Å². The van der Waals surface area contributed by atoms with Gasteiger partial charge in [0.15, 0.2) is 0 Å². The van der Waals surface area contributed by atoms with E-state index in [0.29, 0.717) is 5.69 Å². The average molecular weight is 613 g/mol. The summed E-state index contributed by atoms with van der Waals surface area (Å²) in [5.74, 6) is -0.672. The lowest BCUT2D eigenvalue weighted by atomic mass is 9.99. The maximum absolute atomic E-state index is 13.7. The summed E-state index contributed by atoms with van der Waals surface area (Å²) in [7, 11) is 1.53. The molecule has 0 spiro atoms. The number of hydrogen-bond acceptors (Lipinski definition) is 5. The molecule has 3 aromatic carbocycles. The molecule has 3 aromatic rings. The molecule has 1 aliphatic rings. The number of aliphatic hydroxyl groups is 1. The van der Waals surface area contributed by atoms with Crippen molar-refractivity contribution in [1.29, 1.82) is 0 Å². The van der Waals surface area contributed by atoms with Gasteiger partial charge in [-0.1, -0.05) is 37.3 Å². The van der Waals surface area contributed by atoms with Crippen molar-refractivity contribution >= 4 is 29.2 Å². The standard InChI is InChI=1S/C32H35F3N4O5/c1-20-17-39(21(2)19-40)30(42)26-16-25(36-29(41)15-22-7-5-4-6-8-22)13-14-27(26)44-28(20)18-38(3)31(43)37-24-11-9-23(10-12-24)32(33,34)35/h4-14,16,20-21,28,40H,15,17-19H2,1-3H3,(H,36,41)(H,37,43)/t20-,21-,28+/m0/s1. The molecule has 0 fully saturated rings. The number of ether oxygens (including phenoxy) is 1. The predicted octanol–water partition coefficient (Wildman–Crippen LogP) is 5.27. The molecular weight excluding hydrogens is 577 g/mol. The molecule has 0 aromatic heterocycles. The molecule has 1 aliphatic heterocycles. The van der Waals surface area contributed by atoms with Gasteiger partial charge in [-0.3, -0.25) is 9.59 Å². The van der Waals surface area contributed by atoms with Gasteiger partial charge in [-0.05, 0) is 55.0 Å². The first-order chi connectivity index (χ1) is 20.8. The summed E-state index contributed by atoms with van der Waals surface area (Å²) < 4.78 is 45.0. The van der Waals surface area contributed by atoms with Crippen molar-refractivity contribution in [1.82, 2.24) is 9.80 Å². The second-order valence-electron chi connectivity index (χ2n) is 10.9. The number of anilines is 2. The van der Waals surface area contributed by atoms with Crippen LogP contribution in [0.2, 0.25) is 0 Å². The Kier molecular flexibility index (Phi) is 10.1. The van der Waals surface area contributed by atoms with Crippen molar-refractivity contribution in [3.05, 3.63) is 89.5 Å². The lowest BCUT2D eigenvalue weighted by Gasteiger charge is -2.38. The fourth-order valence-electron chi connectivity index (χ4n) is 4.82. The van der Waals surface area contributed by atoms with E-state index in [-0.39, 0.29) is 60.8 Å². The van der Waals surface area contributed by atoms with Crippen molar-refractivity contribution < 1.29 is 37.4 Å². The zero-order chi connectivity index (χ0) is 32.0. The van der Waals surface area contributed by atoms with E-state index in [1.807, 2.05) is 37.3 Å². The Morgan fingerprint density at radius 1 is 1.05 bits per heavy atom. The second-order valence-corrected chi connectivity index (χ2v) is 10.9. The van der Waals surface area contributed by atoms with Crippen LogP contribution in [0.15, 0.2) is 72.8 Å². The average Bonchev–Trinajstić information content (AvgIpc) is 2.99. The number of rotatable bonds is 8. The van der Waals surface area contributed by atoms with Gasteiger partial charge in [0, 0.05) is 30.9 Å². The number of benzene rings is 3. The van der Waals surface area contributed by atoms with Crippen molar-refractivity contribution in [3.8, 4) is 5.75 Å². The third kappa shape index (κ3) is 8.07. The molecule has 9 nitrogen and oxygen atoms in total. The molecule has 3 N–H and O–H groups in total. The van der Waals surface area contributed by atoms with Gasteiger partial charge in [0.25, 0.3) is 5.91 Å². The van der Waals surface area contributed by atoms with Crippen LogP contribution in [-0.4, -0.2) is 71.6 Å². The second kappa shape index (κ2) is 13.8. The summed E-state index contributed by atoms with van der Waals surface area (Å²) in [5.41, 5.74) is 0.798. The van der Waals surface area contributed by atoms with Crippen LogP contribution in [0.1, 0.15) is 35.3 Å². The van der Waals surface area contributed by atoms with E-state index in [0.717, 1.165) is 17.7 Å². The number of fused-ring (bicyclic) bond motifs is 1. The molecule has 0 unspecified atom stereocenters. The van der Waals surface area contributed by atoms with Crippen LogP contribution < -0.4 is 15.4 Å². The van der Waals surface area contributed by atoms with Gasteiger partial charge >= 0.3 is 12.2 Å². The monoisotopic (exact) mass is 612 g/mol. The van der Waals surface area contributed by atoms with E-state index >= 15 is 0 Å². The number of amides is 4. The van der Waals surface area contributed by atoms with Crippen LogP contribution in [-0.2, 0) is 17.4 Å². The highest BCUT2D eigenvalue weighted by Crippen LogP contribution is 2.32. The molecule has 3 atom stereocenters. The van der Waals surface area contributed by atoms with Gasteiger partial charge in [0.1, 0.15) is 11.9 Å². The minimum Gasteiger partial charge on any atom is -0.487 e. The Balaban J connectivity index is 1.52. The maximum atomic E-state index is 13.7. The normalized spacial score (nSPS) is 17.4. The molecule has 4 amide bonds. The Morgan fingerprint density at radius 2 is 1.70 bits per heavy atom. The van der Waals surface area contributed by atoms with E-state index < -0.39 is 29.9 Å². The largest absolute Gasteiger partial charge is 0.487 e. The van der Waals surface area contributed by atoms with Crippen LogP contribution in [0, 0.1) is 5.92 Å². The van der Waals surface area contributed by atoms with Crippen LogP contribution >= 0.6 is 0 Å². The van der Waals surface area contributed by atoms with E-state index in [9.17, 15) is 32.7 Å². The summed E-state index contributed by atoms with van der Waals surface area (Å²) in [6, 6.07) is 17.0. The number of urea groups is 1. The number of nitrogens with one attached hydrogen (secondary N) is 2. The lowest BCUT2D eigenvalue weighted by molar-refractivity contribution is -0.137. The highest BCUT2D eigenvalue weighted by molar-refractivity contribution is 6.00. The minimum absolute atomic E-state index is 0.0815. The number of carbonyl (C=O) groups is 3. The van der Waals surface area contributed by atoms with Crippen molar-refractivity contribution in [3.63, 3.8) is 0 Å². The number of alkyl halides is 3. The van der Waals surface area contributed by atoms with Gasteiger partial charge in [0.2, 0.25) is 5.91 Å². The minimum atomic E-state index is -4.49. The topological polar surface area (TPSA) is 111 Å². The number of hydrogen-bond donors (Lipinski definition) is 3. The fraction of sp³-hybridized carbons (Fsp3) is 0.344. The molecule has 0 aliphatic carbocycles. The summed E-state index contributed by atoms with van der Waals surface area (Å²) >= 11 is 0. The maximum Gasteiger partial charge on any atom is 0.416 e. The van der Waals surface area contributed by atoms with Crippen LogP contribution in [0.25, 0.3) is 0 Å². The smallest absolute Gasteiger partial charge is 0.416 e. The summed E-state index contributed by atoms with van der Waals surface area (Å²) in [6.45, 7) is 3.60. The predicted molar refractivity (Wildman–Crippen MR) is 159 cm³/mol. The van der Waals surface area contributed by atoms with E-state index in [1.54, 1.807) is 19.1 Å². The Morgan fingerprint density at radius 3 is 2.34 bits per heavy atom. The van der Waals surface area contributed by atoms with Gasteiger partial charge < -0.3 is 30.3 Å². The van der Waals surface area contributed by atoms with Gasteiger partial charge in [-0.25, -0.2) is 4.79 Å². The highest BCUT2D eigenvalue weighted by Gasteiger charge is 2.34. The Bertz CT molecular complexity index is 1470. The first-order valence-electron chi connectivity index (χ1n) is 14.1. The highest BCUT2D eigenvalue weighted by atomic mass is 19.4. The van der Waals surface area contributed by atoms with Crippen molar-refractivity contribution in [2.24, 2.45) is 5.92 Å². The lowest BCUT2D eigenvalue weighted by Crippen LogP contribution is -2.50. The molecule has 4 rings (SSSR count). The van der Waals surface area contributed by atoms with Gasteiger partial charge in [-0.15, -0.1) is 0 Å². The summed E-state index contributed by atoms with van der Waals surface area (Å²) in [5, 5.41) is 15.3. The molecule has 12 heteroatoms. The first kappa shape index (κ1) is 32.3. The quantitative estimate of drug-likeness (QED) is 0.321. The summed E-state index contributed by atoms with van der Waals surface area (Å²) in [4.78, 5) is 42.2. The number of halogens is 3. The van der Waals surface area contributed by atoms with Crippen LogP contribution in [0.4, 0.5) is 29.3 Å². The van der Waals surface area contributed by atoms with E-state index in [2.05, 4.69) is 10.6 Å². The SMILES string of the molecule is C[C@H]1CN([C@@H](C)CO)C(=O)c2cc(NC(=O)Cc3ccccc3)ccc2O[C@@H]1CN(C)C(=O)Nc1ccc(C(F)(F)F)cc1. The first-order valence-corrected chi connectivity index (χ1v) is 14.1. The Hall–Kier alpha value is -4.58. The number of likely N-dealkylation sites (N-methyl/N-ethyl adjacent to an activating group) is 1.